The van der Waals surface area contributed by atoms with E-state index in [-0.39, 0.29) is 0 Å². The first kappa shape index (κ1) is 8.71. The Hall–Kier alpha value is -0.380. The van der Waals surface area contributed by atoms with Crippen LogP contribution < -0.4 is 5.32 Å². The summed E-state index contributed by atoms with van der Waals surface area (Å²) in [5.74, 6) is 0. The highest BCUT2D eigenvalue weighted by Gasteiger charge is 1.90. The standard InChI is InChI=1S/C8H13N2S/c9-4-6-10-5-3-8-2-1-7-11-8/h1-2,7,9-10H,3-6H2/q-1. The van der Waals surface area contributed by atoms with Gasteiger partial charge >= 0.3 is 0 Å². The summed E-state index contributed by atoms with van der Waals surface area (Å²) in [6.45, 7) is 2.29. The fraction of sp³-hybridized carbons (Fsp3) is 0.500. The molecule has 62 valence electrons. The van der Waals surface area contributed by atoms with Crippen LogP contribution in [0.1, 0.15) is 4.88 Å². The molecule has 1 aromatic heterocycles. The van der Waals surface area contributed by atoms with Crippen molar-refractivity contribution in [2.45, 2.75) is 6.42 Å². The molecule has 0 amide bonds. The molecule has 0 spiro atoms. The third-order valence-electron chi connectivity index (χ3n) is 1.43. The molecule has 0 aromatic carbocycles. The van der Waals surface area contributed by atoms with Crippen molar-refractivity contribution in [2.75, 3.05) is 19.6 Å². The van der Waals surface area contributed by atoms with E-state index in [0.29, 0.717) is 6.54 Å². The molecule has 1 rings (SSSR count). The van der Waals surface area contributed by atoms with Crippen molar-refractivity contribution in [1.29, 1.82) is 0 Å². The molecule has 0 aliphatic carbocycles. The zero-order valence-corrected chi connectivity index (χ0v) is 7.29. The van der Waals surface area contributed by atoms with Gasteiger partial charge in [0.25, 0.3) is 0 Å². The first-order valence-corrected chi connectivity index (χ1v) is 4.69. The zero-order valence-electron chi connectivity index (χ0n) is 6.47. The van der Waals surface area contributed by atoms with Crippen LogP contribution in [0, 0.1) is 0 Å². The summed E-state index contributed by atoms with van der Waals surface area (Å²) in [4.78, 5) is 1.42. The minimum absolute atomic E-state index is 0.477. The van der Waals surface area contributed by atoms with Crippen LogP contribution in [0.2, 0.25) is 0 Å². The zero-order chi connectivity index (χ0) is 7.94. The molecule has 3 heteroatoms. The van der Waals surface area contributed by atoms with E-state index in [9.17, 15) is 0 Å². The monoisotopic (exact) mass is 169 g/mol. The van der Waals surface area contributed by atoms with E-state index in [1.54, 1.807) is 11.3 Å². The maximum atomic E-state index is 6.90. The van der Waals surface area contributed by atoms with Crippen molar-refractivity contribution < 1.29 is 0 Å². The molecule has 0 unspecified atom stereocenters. The molecule has 0 atom stereocenters. The van der Waals surface area contributed by atoms with Crippen LogP contribution >= 0.6 is 11.3 Å². The Kier molecular flexibility index (Phi) is 4.19. The van der Waals surface area contributed by atoms with Crippen molar-refractivity contribution in [2.24, 2.45) is 0 Å². The molecule has 1 aromatic rings. The molecule has 1 heterocycles. The molecule has 2 N–H and O–H groups in total. The second-order valence-corrected chi connectivity index (χ2v) is 3.36. The number of hydrogen-bond acceptors (Lipinski definition) is 2. The number of thiophene rings is 1. The van der Waals surface area contributed by atoms with Crippen molar-refractivity contribution >= 4 is 11.3 Å². The summed E-state index contributed by atoms with van der Waals surface area (Å²) < 4.78 is 0. The largest absolute Gasteiger partial charge is 0.676 e. The van der Waals surface area contributed by atoms with Gasteiger partial charge in [-0.2, -0.15) is 0 Å². The van der Waals surface area contributed by atoms with E-state index in [1.807, 2.05) is 0 Å². The summed E-state index contributed by atoms with van der Waals surface area (Å²) in [5, 5.41) is 5.29. The predicted molar refractivity (Wildman–Crippen MR) is 50.1 cm³/mol. The molecule has 11 heavy (non-hydrogen) atoms. The smallest absolute Gasteiger partial charge is 0.00578 e. The van der Waals surface area contributed by atoms with Crippen molar-refractivity contribution in [3.8, 4) is 0 Å². The van der Waals surface area contributed by atoms with Crippen molar-refractivity contribution in [1.82, 2.24) is 5.32 Å². The van der Waals surface area contributed by atoms with Crippen LogP contribution in [0.25, 0.3) is 5.73 Å². The van der Waals surface area contributed by atoms with Crippen molar-refractivity contribution in [3.63, 3.8) is 0 Å². The summed E-state index contributed by atoms with van der Waals surface area (Å²) >= 11 is 1.79. The summed E-state index contributed by atoms with van der Waals surface area (Å²) in [7, 11) is 0. The van der Waals surface area contributed by atoms with Gasteiger partial charge in [0.2, 0.25) is 0 Å². The van der Waals surface area contributed by atoms with E-state index in [2.05, 4.69) is 22.8 Å². The van der Waals surface area contributed by atoms with E-state index in [4.69, 9.17) is 5.73 Å². The first-order valence-electron chi connectivity index (χ1n) is 3.81. The average molecular weight is 169 g/mol. The molecule has 0 fully saturated rings. The van der Waals surface area contributed by atoms with Crippen LogP contribution in [0.3, 0.4) is 0 Å². The number of nitrogens with one attached hydrogen (secondary N) is 2. The summed E-state index contributed by atoms with van der Waals surface area (Å²) in [6, 6.07) is 4.22. The topological polar surface area (TPSA) is 35.8 Å². The lowest BCUT2D eigenvalue weighted by atomic mass is 10.3. The van der Waals surface area contributed by atoms with Gasteiger partial charge in [0, 0.05) is 4.88 Å². The van der Waals surface area contributed by atoms with Crippen LogP contribution in [-0.2, 0) is 6.42 Å². The van der Waals surface area contributed by atoms with Gasteiger partial charge in [-0.25, -0.2) is 0 Å². The predicted octanol–water partition coefficient (Wildman–Crippen LogP) is 1.93. The number of hydrogen-bond donors (Lipinski definition) is 1. The number of rotatable bonds is 5. The molecule has 0 aliphatic heterocycles. The first-order chi connectivity index (χ1) is 5.43. The molecule has 0 saturated carbocycles. The average Bonchev–Trinajstić information content (AvgIpc) is 2.50. The molecular formula is C8H13N2S-. The molecule has 0 saturated heterocycles. The molecule has 0 radical (unpaired) electrons. The van der Waals surface area contributed by atoms with Gasteiger partial charge in [-0.1, -0.05) is 6.07 Å². The third-order valence-corrected chi connectivity index (χ3v) is 2.37. The lowest BCUT2D eigenvalue weighted by Crippen LogP contribution is -2.19. The Morgan fingerprint density at radius 2 is 2.36 bits per heavy atom. The van der Waals surface area contributed by atoms with Gasteiger partial charge in [-0.15, -0.1) is 17.9 Å². The Bertz CT molecular complexity index is 172. The lowest BCUT2D eigenvalue weighted by Gasteiger charge is -2.03. The van der Waals surface area contributed by atoms with Gasteiger partial charge in [-0.05, 0) is 31.0 Å². The quantitative estimate of drug-likeness (QED) is 0.672. The van der Waals surface area contributed by atoms with Gasteiger partial charge < -0.3 is 11.1 Å². The third kappa shape index (κ3) is 3.51. The van der Waals surface area contributed by atoms with Gasteiger partial charge in [0.15, 0.2) is 0 Å². The fourth-order valence-electron chi connectivity index (χ4n) is 0.880. The van der Waals surface area contributed by atoms with Crippen LogP contribution in [0.15, 0.2) is 17.5 Å². The highest BCUT2D eigenvalue weighted by molar-refractivity contribution is 7.09. The van der Waals surface area contributed by atoms with E-state index in [0.717, 1.165) is 19.5 Å². The SMILES string of the molecule is [NH-]CCNCCc1cccs1. The second-order valence-electron chi connectivity index (χ2n) is 2.33. The highest BCUT2D eigenvalue weighted by Crippen LogP contribution is 2.07. The fourth-order valence-corrected chi connectivity index (χ4v) is 1.59. The Morgan fingerprint density at radius 3 is 3.00 bits per heavy atom. The highest BCUT2D eigenvalue weighted by atomic mass is 32.1. The maximum absolute atomic E-state index is 6.90. The molecular weight excluding hydrogens is 156 g/mol. The Labute approximate surface area is 71.4 Å². The van der Waals surface area contributed by atoms with Gasteiger partial charge in [0.1, 0.15) is 0 Å². The van der Waals surface area contributed by atoms with E-state index < -0.39 is 0 Å². The Morgan fingerprint density at radius 1 is 1.45 bits per heavy atom. The summed E-state index contributed by atoms with van der Waals surface area (Å²) in [6.07, 6.45) is 1.09. The Balaban J connectivity index is 2.04. The second kappa shape index (κ2) is 5.29. The minimum atomic E-state index is 0.477. The lowest BCUT2D eigenvalue weighted by molar-refractivity contribution is 0.713. The van der Waals surface area contributed by atoms with Crippen LogP contribution in [0.5, 0.6) is 0 Å². The minimum Gasteiger partial charge on any atom is -0.676 e. The van der Waals surface area contributed by atoms with E-state index in [1.165, 1.54) is 4.88 Å². The molecule has 2 nitrogen and oxygen atoms in total. The maximum Gasteiger partial charge on any atom is 0.00578 e. The van der Waals surface area contributed by atoms with E-state index >= 15 is 0 Å². The normalized spacial score (nSPS) is 10.3. The van der Waals surface area contributed by atoms with Crippen LogP contribution in [-0.4, -0.2) is 19.6 Å². The van der Waals surface area contributed by atoms with Gasteiger partial charge in [-0.3, -0.25) is 0 Å². The molecule has 0 bridgehead atoms. The van der Waals surface area contributed by atoms with Crippen LogP contribution in [0.4, 0.5) is 0 Å². The summed E-state index contributed by atoms with van der Waals surface area (Å²) in [5.41, 5.74) is 6.90. The van der Waals surface area contributed by atoms with Crippen molar-refractivity contribution in [3.05, 3.63) is 28.1 Å². The molecule has 0 aliphatic rings. The van der Waals surface area contributed by atoms with Gasteiger partial charge in [0.05, 0.1) is 0 Å².